The highest BCUT2D eigenvalue weighted by molar-refractivity contribution is 5.70. The standard InChI is InChI=1S/C66H124N2O14/c1-7-13-17-21-25-29-33-53-75-61(69)45-37-41-59(42-38-46-62(70)76-54-34-30-26-22-18-14-8-2)81-65(73)79-57-51-68(50-49-67(11-5)12-6)52-58-80-66(74)82-60(43-39-47-63(71)77-55-35-31-27-23-19-15-9-3)44-40-48-64(72)78-56-36-32-28-24-20-16-10-4/h59-60H,7-58H2,1-6H3. The minimum absolute atomic E-state index is 0.0230. The Kier molecular flexibility index (Phi) is 57.8. The van der Waals surface area contributed by atoms with E-state index in [9.17, 15) is 28.8 Å². The molecule has 82 heavy (non-hydrogen) atoms. The van der Waals surface area contributed by atoms with Crippen molar-refractivity contribution in [2.45, 2.75) is 311 Å². The highest BCUT2D eigenvalue weighted by Crippen LogP contribution is 2.18. The molecule has 0 aliphatic rings. The maximum Gasteiger partial charge on any atom is 0.508 e. The van der Waals surface area contributed by atoms with E-state index in [1.54, 1.807) is 0 Å². The summed E-state index contributed by atoms with van der Waals surface area (Å²) in [6, 6.07) is 0. The number of esters is 4. The van der Waals surface area contributed by atoms with Crippen LogP contribution < -0.4 is 0 Å². The van der Waals surface area contributed by atoms with Gasteiger partial charge < -0.3 is 42.8 Å². The van der Waals surface area contributed by atoms with E-state index in [0.29, 0.717) is 97.4 Å². The molecule has 0 aromatic heterocycles. The van der Waals surface area contributed by atoms with Gasteiger partial charge >= 0.3 is 36.2 Å². The number of ether oxygens (including phenoxy) is 8. The van der Waals surface area contributed by atoms with Crippen molar-refractivity contribution in [3.8, 4) is 0 Å². The van der Waals surface area contributed by atoms with Crippen LogP contribution in [0.4, 0.5) is 9.59 Å². The first-order valence-corrected chi connectivity index (χ1v) is 33.7. The summed E-state index contributed by atoms with van der Waals surface area (Å²) in [5.74, 6) is -1.08. The fraction of sp³-hybridized carbons (Fsp3) is 0.909. The van der Waals surface area contributed by atoms with Gasteiger partial charge in [-0.3, -0.25) is 24.1 Å². The summed E-state index contributed by atoms with van der Waals surface area (Å²) in [4.78, 5) is 81.1. The Morgan fingerprint density at radius 3 is 0.768 bits per heavy atom. The molecule has 16 heteroatoms. The molecule has 0 aromatic rings. The Bertz CT molecular complexity index is 1320. The molecular weight excluding hydrogens is 1040 g/mol. The number of unbranched alkanes of at least 4 members (excludes halogenated alkanes) is 24. The van der Waals surface area contributed by atoms with E-state index in [4.69, 9.17) is 37.9 Å². The number of hydrogen-bond acceptors (Lipinski definition) is 16. The van der Waals surface area contributed by atoms with Crippen LogP contribution in [0.3, 0.4) is 0 Å². The SMILES string of the molecule is CCCCCCCCCOC(=O)CCCC(CCCC(=O)OCCCCCCCCC)OC(=O)OCCN(CCOC(=O)OC(CCCC(=O)OCCCCCCCCC)CCCC(=O)OCCCCCCCCC)CCN(CC)CC. The molecular formula is C66H124N2O14. The van der Waals surface area contributed by atoms with Crippen LogP contribution in [-0.4, -0.2) is 137 Å². The molecule has 0 heterocycles. The average Bonchev–Trinajstić information content (AvgIpc) is 3.46. The molecule has 0 saturated heterocycles. The molecule has 0 aliphatic carbocycles. The molecule has 0 aromatic carbocycles. The molecule has 0 radical (unpaired) electrons. The van der Waals surface area contributed by atoms with Gasteiger partial charge in [-0.15, -0.1) is 0 Å². The predicted molar refractivity (Wildman–Crippen MR) is 328 cm³/mol. The molecule has 16 nitrogen and oxygen atoms in total. The fourth-order valence-electron chi connectivity index (χ4n) is 9.70. The topological polar surface area (TPSA) is 183 Å². The van der Waals surface area contributed by atoms with Crippen molar-refractivity contribution in [3.05, 3.63) is 0 Å². The normalized spacial score (nSPS) is 11.4. The third-order valence-corrected chi connectivity index (χ3v) is 15.1. The minimum Gasteiger partial charge on any atom is -0.466 e. The molecule has 0 bridgehead atoms. The summed E-state index contributed by atoms with van der Waals surface area (Å²) < 4.78 is 44.8. The number of nitrogens with zero attached hydrogens (tertiary/aromatic N) is 2. The molecule has 0 saturated carbocycles. The van der Waals surface area contributed by atoms with Crippen molar-refractivity contribution in [1.82, 2.24) is 9.80 Å². The summed E-state index contributed by atoms with van der Waals surface area (Å²) in [5.41, 5.74) is 0. The largest absolute Gasteiger partial charge is 0.508 e. The van der Waals surface area contributed by atoms with Gasteiger partial charge in [-0.1, -0.05) is 196 Å². The van der Waals surface area contributed by atoms with Crippen molar-refractivity contribution in [2.24, 2.45) is 0 Å². The Balaban J connectivity index is 5.45. The zero-order chi connectivity index (χ0) is 60.2. The third kappa shape index (κ3) is 54.3. The summed E-state index contributed by atoms with van der Waals surface area (Å²) >= 11 is 0. The molecule has 0 fully saturated rings. The lowest BCUT2D eigenvalue weighted by Gasteiger charge is -2.26. The van der Waals surface area contributed by atoms with Crippen LogP contribution in [0, 0.1) is 0 Å². The van der Waals surface area contributed by atoms with Gasteiger partial charge in [0.2, 0.25) is 0 Å². The van der Waals surface area contributed by atoms with Gasteiger partial charge in [-0.05, 0) is 90.1 Å². The summed E-state index contributed by atoms with van der Waals surface area (Å²) in [6.45, 7) is 18.5. The fourth-order valence-corrected chi connectivity index (χ4v) is 9.70. The van der Waals surface area contributed by atoms with Gasteiger partial charge in [0.25, 0.3) is 0 Å². The number of likely N-dealkylation sites (N-methyl/N-ethyl adjacent to an activating group) is 1. The van der Waals surface area contributed by atoms with E-state index >= 15 is 0 Å². The average molecular weight is 1170 g/mol. The number of rotatable bonds is 61. The Labute approximate surface area is 500 Å². The molecule has 0 atom stereocenters. The lowest BCUT2D eigenvalue weighted by molar-refractivity contribution is -0.145. The number of hydrogen-bond donors (Lipinski definition) is 0. The van der Waals surface area contributed by atoms with Gasteiger partial charge in [-0.2, -0.15) is 0 Å². The van der Waals surface area contributed by atoms with Crippen molar-refractivity contribution < 1.29 is 66.7 Å². The van der Waals surface area contributed by atoms with Crippen LogP contribution in [0.25, 0.3) is 0 Å². The summed E-state index contributed by atoms with van der Waals surface area (Å²) in [6.07, 6.45) is 33.3. The molecule has 482 valence electrons. The zero-order valence-electron chi connectivity index (χ0n) is 53.5. The van der Waals surface area contributed by atoms with Gasteiger partial charge in [0, 0.05) is 51.9 Å². The lowest BCUT2D eigenvalue weighted by Crippen LogP contribution is -2.39. The van der Waals surface area contributed by atoms with E-state index in [-0.39, 0.29) is 62.8 Å². The first-order chi connectivity index (χ1) is 40.0. The van der Waals surface area contributed by atoms with Crippen molar-refractivity contribution in [1.29, 1.82) is 0 Å². The van der Waals surface area contributed by atoms with Crippen LogP contribution in [0.1, 0.15) is 298 Å². The van der Waals surface area contributed by atoms with Crippen LogP contribution in [0.5, 0.6) is 0 Å². The summed E-state index contributed by atoms with van der Waals surface area (Å²) in [5, 5.41) is 0. The van der Waals surface area contributed by atoms with E-state index in [2.05, 4.69) is 51.3 Å². The van der Waals surface area contributed by atoms with Crippen LogP contribution >= 0.6 is 0 Å². The summed E-state index contributed by atoms with van der Waals surface area (Å²) in [7, 11) is 0. The molecule has 0 rings (SSSR count). The zero-order valence-corrected chi connectivity index (χ0v) is 53.5. The smallest absolute Gasteiger partial charge is 0.466 e. The third-order valence-electron chi connectivity index (χ3n) is 15.1. The second-order valence-electron chi connectivity index (χ2n) is 22.5. The van der Waals surface area contributed by atoms with Crippen molar-refractivity contribution in [2.75, 3.05) is 78.9 Å². The van der Waals surface area contributed by atoms with E-state index in [1.165, 1.54) is 103 Å². The first kappa shape index (κ1) is 78.3. The molecule has 0 aliphatic heterocycles. The minimum atomic E-state index is -0.828. The molecule has 0 N–H and O–H groups in total. The quantitative estimate of drug-likeness (QED) is 0.0318. The maximum atomic E-state index is 13.2. The van der Waals surface area contributed by atoms with E-state index in [1.807, 2.05) is 0 Å². The highest BCUT2D eigenvalue weighted by atomic mass is 16.7. The predicted octanol–water partition coefficient (Wildman–Crippen LogP) is 16.5. The second kappa shape index (κ2) is 60.5. The van der Waals surface area contributed by atoms with Crippen molar-refractivity contribution in [3.63, 3.8) is 0 Å². The second-order valence-corrected chi connectivity index (χ2v) is 22.5. The number of carbonyl (C=O) groups is 6. The van der Waals surface area contributed by atoms with Crippen LogP contribution in [-0.2, 0) is 57.1 Å². The van der Waals surface area contributed by atoms with E-state index < -0.39 is 24.5 Å². The Hall–Kier alpha value is -3.66. The van der Waals surface area contributed by atoms with Crippen LogP contribution in [0.2, 0.25) is 0 Å². The number of carbonyl (C=O) groups excluding carboxylic acids is 6. The van der Waals surface area contributed by atoms with Crippen molar-refractivity contribution >= 4 is 36.2 Å². The first-order valence-electron chi connectivity index (χ1n) is 33.7. The maximum absolute atomic E-state index is 13.2. The molecule has 0 spiro atoms. The Morgan fingerprint density at radius 1 is 0.268 bits per heavy atom. The lowest BCUT2D eigenvalue weighted by atomic mass is 10.1. The van der Waals surface area contributed by atoms with E-state index in [0.717, 1.165) is 96.7 Å². The monoisotopic (exact) mass is 1170 g/mol. The van der Waals surface area contributed by atoms with Gasteiger partial charge in [-0.25, -0.2) is 9.59 Å². The Morgan fingerprint density at radius 2 is 0.512 bits per heavy atom. The van der Waals surface area contributed by atoms with Crippen LogP contribution in [0.15, 0.2) is 0 Å². The highest BCUT2D eigenvalue weighted by Gasteiger charge is 2.21. The van der Waals surface area contributed by atoms with Gasteiger partial charge in [0.1, 0.15) is 25.4 Å². The molecule has 0 unspecified atom stereocenters. The molecule has 0 amide bonds. The van der Waals surface area contributed by atoms with Gasteiger partial charge in [0.05, 0.1) is 26.4 Å². The van der Waals surface area contributed by atoms with Gasteiger partial charge in [0.15, 0.2) is 0 Å².